The van der Waals surface area contributed by atoms with Crippen LogP contribution in [-0.4, -0.2) is 55.4 Å². The van der Waals surface area contributed by atoms with E-state index in [0.717, 1.165) is 12.1 Å². The highest BCUT2D eigenvalue weighted by atomic mass is 32.2. The van der Waals surface area contributed by atoms with Crippen LogP contribution < -0.4 is 15.0 Å². The normalized spacial score (nSPS) is 21.0. The molecule has 34 heavy (non-hydrogen) atoms. The third kappa shape index (κ3) is 5.66. The van der Waals surface area contributed by atoms with E-state index in [4.69, 9.17) is 4.74 Å². The number of benzene rings is 2. The molecule has 2 heterocycles. The summed E-state index contributed by atoms with van der Waals surface area (Å²) in [5, 5.41) is 2.78. The predicted octanol–water partition coefficient (Wildman–Crippen LogP) is 3.82. The summed E-state index contributed by atoms with van der Waals surface area (Å²) >= 11 is 1.29. The van der Waals surface area contributed by atoms with Gasteiger partial charge in [0.1, 0.15) is 12.3 Å². The fourth-order valence-electron chi connectivity index (χ4n) is 3.75. The van der Waals surface area contributed by atoms with Gasteiger partial charge in [-0.3, -0.25) is 9.79 Å². The lowest BCUT2D eigenvalue weighted by Gasteiger charge is -2.24. The Balaban J connectivity index is 1.56. The quantitative estimate of drug-likeness (QED) is 0.632. The maximum atomic E-state index is 13.0. The zero-order valence-corrected chi connectivity index (χ0v) is 19.7. The number of sulfone groups is 1. The van der Waals surface area contributed by atoms with Gasteiger partial charge in [-0.2, -0.15) is 13.2 Å². The number of nitrogens with one attached hydrogen (secondary N) is 1. The molecule has 1 fully saturated rings. The highest BCUT2D eigenvalue weighted by molar-refractivity contribution is 8.15. The summed E-state index contributed by atoms with van der Waals surface area (Å²) in [6.07, 6.45) is -4.53. The molecule has 0 aromatic heterocycles. The lowest BCUT2D eigenvalue weighted by molar-refractivity contribution is -0.137. The van der Waals surface area contributed by atoms with Crippen LogP contribution in [0.1, 0.15) is 12.5 Å². The molecular formula is C22H22F3N3O4S2. The first kappa shape index (κ1) is 24.4. The van der Waals surface area contributed by atoms with Crippen molar-refractivity contribution in [3.8, 4) is 5.75 Å². The van der Waals surface area contributed by atoms with Gasteiger partial charge in [-0.1, -0.05) is 17.8 Å². The molecule has 1 amide bonds. The van der Waals surface area contributed by atoms with Crippen molar-refractivity contribution < 1.29 is 31.1 Å². The number of amidine groups is 1. The fraction of sp³-hybridized carbons (Fsp3) is 0.364. The van der Waals surface area contributed by atoms with Crippen molar-refractivity contribution in [2.45, 2.75) is 24.4 Å². The number of thioether (sulfide) groups is 1. The highest BCUT2D eigenvalue weighted by Gasteiger charge is 2.44. The minimum atomic E-state index is -4.53. The van der Waals surface area contributed by atoms with Crippen molar-refractivity contribution in [2.24, 2.45) is 4.99 Å². The topological polar surface area (TPSA) is 88.1 Å². The van der Waals surface area contributed by atoms with Crippen LogP contribution in [0.15, 0.2) is 53.5 Å². The molecule has 182 valence electrons. The maximum absolute atomic E-state index is 13.0. The zero-order chi connectivity index (χ0) is 24.5. The van der Waals surface area contributed by atoms with E-state index >= 15 is 0 Å². The summed E-state index contributed by atoms with van der Waals surface area (Å²) < 4.78 is 68.3. The molecule has 7 nitrogen and oxygen atoms in total. The van der Waals surface area contributed by atoms with Gasteiger partial charge in [0, 0.05) is 16.6 Å². The second-order valence-corrected chi connectivity index (χ2v) is 11.2. The Morgan fingerprint density at radius 1 is 1.21 bits per heavy atom. The minimum absolute atomic E-state index is 0.0167. The number of alkyl halides is 3. The Kier molecular flexibility index (Phi) is 6.81. The summed E-state index contributed by atoms with van der Waals surface area (Å²) in [4.78, 5) is 19.0. The smallest absolute Gasteiger partial charge is 0.416 e. The van der Waals surface area contributed by atoms with Gasteiger partial charge in [-0.15, -0.1) is 0 Å². The summed E-state index contributed by atoms with van der Waals surface area (Å²) in [5.41, 5.74) is -0.217. The Hall–Kier alpha value is -2.73. The molecule has 2 aliphatic heterocycles. The van der Waals surface area contributed by atoms with E-state index < -0.39 is 27.5 Å². The molecule has 1 saturated heterocycles. The first-order valence-corrected chi connectivity index (χ1v) is 13.2. The van der Waals surface area contributed by atoms with E-state index in [0.29, 0.717) is 23.2 Å². The van der Waals surface area contributed by atoms with E-state index in [9.17, 15) is 26.4 Å². The van der Waals surface area contributed by atoms with Crippen molar-refractivity contribution in [3.05, 3.63) is 54.1 Å². The van der Waals surface area contributed by atoms with Crippen molar-refractivity contribution in [3.63, 3.8) is 0 Å². The second-order valence-electron chi connectivity index (χ2n) is 7.85. The molecule has 2 atom stereocenters. The van der Waals surface area contributed by atoms with E-state index in [2.05, 4.69) is 10.3 Å². The molecule has 1 N–H and O–H groups in total. The molecule has 0 unspecified atom stereocenters. The highest BCUT2D eigenvalue weighted by Crippen LogP contribution is 2.37. The van der Waals surface area contributed by atoms with Gasteiger partial charge >= 0.3 is 6.18 Å². The average molecular weight is 514 g/mol. The number of hydrogen-bond acceptors (Lipinski definition) is 7. The lowest BCUT2D eigenvalue weighted by Crippen LogP contribution is -2.36. The minimum Gasteiger partial charge on any atom is -0.494 e. The first-order valence-electron chi connectivity index (χ1n) is 10.5. The standard InChI is InChI=1S/C22H22F3N3O4S2/c1-2-32-17-8-6-16(7-9-17)28(21-27-18-12-34(30,31)13-19(18)33-21)11-20(29)26-15-5-3-4-14(10-15)22(23,24)25/h3-10,18-19H,2,11-13H2,1H3,(H,26,29)/t18-,19-/m1/s1. The van der Waals surface area contributed by atoms with E-state index in [1.54, 1.807) is 29.2 Å². The lowest BCUT2D eigenvalue weighted by atomic mass is 10.2. The Morgan fingerprint density at radius 2 is 1.94 bits per heavy atom. The number of amides is 1. The summed E-state index contributed by atoms with van der Waals surface area (Å²) in [5.74, 6) is 0.0784. The van der Waals surface area contributed by atoms with E-state index in [-0.39, 0.29) is 35.0 Å². The number of anilines is 2. The molecule has 0 aliphatic carbocycles. The van der Waals surface area contributed by atoms with Crippen LogP contribution in [0, 0.1) is 0 Å². The molecular weight excluding hydrogens is 491 g/mol. The van der Waals surface area contributed by atoms with Crippen molar-refractivity contribution in [2.75, 3.05) is 34.9 Å². The van der Waals surface area contributed by atoms with Crippen LogP contribution in [0.3, 0.4) is 0 Å². The predicted molar refractivity (Wildman–Crippen MR) is 126 cm³/mol. The molecule has 0 radical (unpaired) electrons. The van der Waals surface area contributed by atoms with Crippen LogP contribution in [0.2, 0.25) is 0 Å². The van der Waals surface area contributed by atoms with Crippen LogP contribution in [0.25, 0.3) is 0 Å². The van der Waals surface area contributed by atoms with E-state index in [1.807, 2.05) is 6.92 Å². The maximum Gasteiger partial charge on any atom is 0.416 e. The van der Waals surface area contributed by atoms with Gasteiger partial charge in [0.2, 0.25) is 5.91 Å². The number of aliphatic imine (C=N–C) groups is 1. The molecule has 2 aromatic carbocycles. The largest absolute Gasteiger partial charge is 0.494 e. The summed E-state index contributed by atoms with van der Waals surface area (Å²) in [6.45, 7) is 2.13. The number of halogens is 3. The Morgan fingerprint density at radius 3 is 2.59 bits per heavy atom. The molecule has 0 spiro atoms. The van der Waals surface area contributed by atoms with Crippen LogP contribution >= 0.6 is 11.8 Å². The first-order chi connectivity index (χ1) is 16.0. The van der Waals surface area contributed by atoms with Gasteiger partial charge < -0.3 is 15.0 Å². The van der Waals surface area contributed by atoms with Gasteiger partial charge in [0.15, 0.2) is 15.0 Å². The molecule has 12 heteroatoms. The monoisotopic (exact) mass is 513 g/mol. The number of nitrogens with zero attached hydrogens (tertiary/aromatic N) is 2. The van der Waals surface area contributed by atoms with Crippen molar-refractivity contribution in [1.82, 2.24) is 0 Å². The number of rotatable bonds is 6. The van der Waals surface area contributed by atoms with Gasteiger partial charge in [0.05, 0.1) is 29.7 Å². The third-order valence-electron chi connectivity index (χ3n) is 5.27. The summed E-state index contributed by atoms with van der Waals surface area (Å²) in [7, 11) is -3.15. The van der Waals surface area contributed by atoms with Gasteiger partial charge in [-0.25, -0.2) is 8.42 Å². The third-order valence-corrected chi connectivity index (χ3v) is 8.52. The van der Waals surface area contributed by atoms with Crippen LogP contribution in [0.5, 0.6) is 5.75 Å². The molecule has 2 aliphatic rings. The van der Waals surface area contributed by atoms with Crippen molar-refractivity contribution in [1.29, 1.82) is 0 Å². The second kappa shape index (κ2) is 9.49. The van der Waals surface area contributed by atoms with Crippen LogP contribution in [0.4, 0.5) is 24.5 Å². The van der Waals surface area contributed by atoms with Gasteiger partial charge in [0.25, 0.3) is 0 Å². The molecule has 0 bridgehead atoms. The number of fused-ring (bicyclic) bond motifs is 1. The number of hydrogen-bond donors (Lipinski definition) is 1. The fourth-order valence-corrected chi connectivity index (χ4v) is 7.53. The average Bonchev–Trinajstić information content (AvgIpc) is 3.26. The Labute approximate surface area is 199 Å². The molecule has 4 rings (SSSR count). The van der Waals surface area contributed by atoms with Crippen molar-refractivity contribution >= 4 is 44.0 Å². The van der Waals surface area contributed by atoms with E-state index in [1.165, 1.54) is 23.9 Å². The zero-order valence-electron chi connectivity index (χ0n) is 18.1. The number of carbonyl (C=O) groups excluding carboxylic acids is 1. The SMILES string of the molecule is CCOc1ccc(N(CC(=O)Nc2cccc(C(F)(F)F)c2)C2=N[C@@H]3CS(=O)(=O)C[C@H]3S2)cc1. The van der Waals surface area contributed by atoms with Gasteiger partial charge in [-0.05, 0) is 49.4 Å². The summed E-state index contributed by atoms with van der Waals surface area (Å²) in [6, 6.07) is 11.0. The number of ether oxygens (including phenoxy) is 1. The molecule has 0 saturated carbocycles. The van der Waals surface area contributed by atoms with Crippen LogP contribution in [-0.2, 0) is 20.8 Å². The number of carbonyl (C=O) groups is 1. The Bertz CT molecular complexity index is 1200. The molecule has 2 aromatic rings.